The number of aromatic nitrogens is 4. The number of fused-ring (bicyclic) bond motifs is 1. The molecule has 0 aliphatic carbocycles. The maximum absolute atomic E-state index is 15.4. The molecular weight excluding hydrogens is 537 g/mol. The van der Waals surface area contributed by atoms with Gasteiger partial charge in [0.05, 0.1) is 25.2 Å². The number of methoxy groups -OCH3 is 1. The van der Waals surface area contributed by atoms with Crippen LogP contribution in [0.25, 0.3) is 22.3 Å². The lowest BCUT2D eigenvalue weighted by Crippen LogP contribution is -2.37. The number of furan rings is 1. The maximum atomic E-state index is 15.4. The number of aryl methyl sites for hydroxylation is 1. The Labute approximate surface area is 232 Å². The molecule has 40 heavy (non-hydrogen) atoms. The Bertz CT molecular complexity index is 1700. The molecule has 0 saturated carbocycles. The number of hydrogen-bond acceptors (Lipinski definition) is 11. The van der Waals surface area contributed by atoms with Crippen molar-refractivity contribution in [1.29, 1.82) is 0 Å². The van der Waals surface area contributed by atoms with Gasteiger partial charge < -0.3 is 24.1 Å². The number of aromatic amines is 1. The lowest BCUT2D eigenvalue weighted by Gasteiger charge is -2.29. The van der Waals surface area contributed by atoms with Crippen molar-refractivity contribution in [1.82, 2.24) is 20.2 Å². The fraction of sp³-hybridized carbons (Fsp3) is 0.222. The van der Waals surface area contributed by atoms with Gasteiger partial charge in [0.15, 0.2) is 33.9 Å². The number of H-pyrrole nitrogens is 1. The van der Waals surface area contributed by atoms with Crippen LogP contribution in [0, 0.1) is 17.6 Å². The summed E-state index contributed by atoms with van der Waals surface area (Å²) in [6.45, 7) is 4.25. The van der Waals surface area contributed by atoms with E-state index in [9.17, 15) is 4.91 Å². The van der Waals surface area contributed by atoms with Crippen molar-refractivity contribution in [3.05, 3.63) is 64.9 Å². The van der Waals surface area contributed by atoms with E-state index < -0.39 is 5.82 Å². The average Bonchev–Trinajstić information content (AvgIpc) is 3.60. The van der Waals surface area contributed by atoms with E-state index in [1.54, 1.807) is 43.5 Å². The van der Waals surface area contributed by atoms with Gasteiger partial charge in [-0.05, 0) is 54.2 Å². The monoisotopic (exact) mass is 561 g/mol. The van der Waals surface area contributed by atoms with Crippen LogP contribution in [0.2, 0.25) is 0 Å². The molecular formula is C27H24FN7O4S. The molecule has 0 bridgehead atoms. The summed E-state index contributed by atoms with van der Waals surface area (Å²) in [5.74, 6) is 1.97. The van der Waals surface area contributed by atoms with Gasteiger partial charge in [-0.25, -0.2) is 14.4 Å². The molecule has 1 saturated heterocycles. The number of ether oxygens (including phenoxy) is 2. The van der Waals surface area contributed by atoms with Crippen molar-refractivity contribution in [3.63, 3.8) is 0 Å². The summed E-state index contributed by atoms with van der Waals surface area (Å²) in [6, 6.07) is 13.5. The summed E-state index contributed by atoms with van der Waals surface area (Å²) in [6.07, 6.45) is 0. The first-order valence-electron chi connectivity index (χ1n) is 12.4. The summed E-state index contributed by atoms with van der Waals surface area (Å²) in [7, 11) is 1.56. The van der Waals surface area contributed by atoms with E-state index in [2.05, 4.69) is 30.6 Å². The molecule has 0 amide bonds. The standard InChI is InChI=1S/C27H24FN7O4S/c1-15-12-22(33-32-15)29-25-24(37-2)26(35-8-10-38-11-9-35)31-27(30-25)40-21-7-6-16(13-18(21)28)20-14-17-4-3-5-19(34-36)23(17)39-20/h3-7,12-14H,8-11H2,1-2H3,(H2,29,30,31,32,33). The van der Waals surface area contributed by atoms with Crippen LogP contribution in [-0.4, -0.2) is 53.6 Å². The number of rotatable bonds is 8. The van der Waals surface area contributed by atoms with Crippen molar-refractivity contribution < 1.29 is 18.3 Å². The van der Waals surface area contributed by atoms with Crippen LogP contribution in [0.4, 0.5) is 27.5 Å². The van der Waals surface area contributed by atoms with Gasteiger partial charge in [-0.1, -0.05) is 12.1 Å². The molecule has 2 aromatic carbocycles. The molecule has 0 atom stereocenters. The minimum absolute atomic E-state index is 0.193. The van der Waals surface area contributed by atoms with Gasteiger partial charge in [-0.2, -0.15) is 5.10 Å². The van der Waals surface area contributed by atoms with Crippen LogP contribution in [0.15, 0.2) is 68.2 Å². The van der Waals surface area contributed by atoms with Gasteiger partial charge in [-0.15, -0.1) is 4.91 Å². The summed E-state index contributed by atoms with van der Waals surface area (Å²) in [4.78, 5) is 22.9. The lowest BCUT2D eigenvalue weighted by atomic mass is 10.1. The van der Waals surface area contributed by atoms with E-state index >= 15 is 4.39 Å². The van der Waals surface area contributed by atoms with Gasteiger partial charge >= 0.3 is 0 Å². The van der Waals surface area contributed by atoms with Crippen LogP contribution in [0.5, 0.6) is 5.75 Å². The molecule has 204 valence electrons. The number of halogens is 1. The summed E-state index contributed by atoms with van der Waals surface area (Å²) < 4.78 is 32.5. The SMILES string of the molecule is COc1c(Nc2cc(C)[nH]n2)nc(Sc2ccc(-c3cc4cccc(N=O)c4o3)cc2F)nc1N1CCOCC1. The van der Waals surface area contributed by atoms with Crippen molar-refractivity contribution >= 4 is 45.9 Å². The van der Waals surface area contributed by atoms with E-state index in [1.807, 2.05) is 13.0 Å². The number of nitroso groups, excluding NO2 is 1. The molecule has 5 aromatic rings. The first kappa shape index (κ1) is 25.8. The topological polar surface area (TPSA) is 131 Å². The van der Waals surface area contributed by atoms with E-state index in [-0.39, 0.29) is 5.69 Å². The number of para-hydroxylation sites is 1. The fourth-order valence-corrected chi connectivity index (χ4v) is 5.19. The zero-order valence-corrected chi connectivity index (χ0v) is 22.4. The molecule has 4 heterocycles. The Morgan fingerprint density at radius 2 is 2.00 bits per heavy atom. The number of morpholine rings is 1. The average molecular weight is 562 g/mol. The van der Waals surface area contributed by atoms with Crippen molar-refractivity contribution in [3.8, 4) is 17.1 Å². The summed E-state index contributed by atoms with van der Waals surface area (Å²) in [5, 5.41) is 14.4. The Morgan fingerprint density at radius 1 is 1.15 bits per heavy atom. The number of benzene rings is 2. The number of nitrogens with zero attached hydrogens (tertiary/aromatic N) is 5. The highest BCUT2D eigenvalue weighted by Gasteiger charge is 2.24. The Morgan fingerprint density at radius 3 is 2.73 bits per heavy atom. The zero-order chi connectivity index (χ0) is 27.6. The number of anilines is 3. The molecule has 0 unspecified atom stereocenters. The number of nitrogens with one attached hydrogen (secondary N) is 2. The number of hydrogen-bond donors (Lipinski definition) is 2. The summed E-state index contributed by atoms with van der Waals surface area (Å²) in [5.41, 5.74) is 1.96. The molecule has 3 aromatic heterocycles. The minimum atomic E-state index is -0.471. The van der Waals surface area contributed by atoms with Crippen LogP contribution < -0.4 is 15.0 Å². The third-order valence-corrected chi connectivity index (χ3v) is 7.25. The van der Waals surface area contributed by atoms with Crippen LogP contribution in [-0.2, 0) is 4.74 Å². The molecule has 2 N–H and O–H groups in total. The minimum Gasteiger partial charge on any atom is -0.490 e. The predicted molar refractivity (Wildman–Crippen MR) is 149 cm³/mol. The second-order valence-corrected chi connectivity index (χ2v) is 10.0. The third kappa shape index (κ3) is 5.08. The van der Waals surface area contributed by atoms with Crippen molar-refractivity contribution in [2.75, 3.05) is 43.6 Å². The van der Waals surface area contributed by atoms with Crippen LogP contribution in [0.3, 0.4) is 0 Å². The second kappa shape index (κ2) is 10.9. The second-order valence-electron chi connectivity index (χ2n) is 9.02. The molecule has 0 spiro atoms. The highest BCUT2D eigenvalue weighted by molar-refractivity contribution is 7.99. The van der Waals surface area contributed by atoms with E-state index in [0.29, 0.717) is 81.9 Å². The van der Waals surface area contributed by atoms with Gasteiger partial charge in [0.2, 0.25) is 5.75 Å². The first-order valence-corrected chi connectivity index (χ1v) is 13.3. The molecule has 11 nitrogen and oxygen atoms in total. The molecule has 0 radical (unpaired) electrons. The van der Waals surface area contributed by atoms with Gasteiger partial charge in [0.25, 0.3) is 0 Å². The predicted octanol–water partition coefficient (Wildman–Crippen LogP) is 6.20. The summed E-state index contributed by atoms with van der Waals surface area (Å²) >= 11 is 1.09. The molecule has 1 aliphatic heterocycles. The Kier molecular flexibility index (Phi) is 7.05. The maximum Gasteiger partial charge on any atom is 0.204 e. The normalized spacial score (nSPS) is 13.5. The quantitative estimate of drug-likeness (QED) is 0.167. The van der Waals surface area contributed by atoms with E-state index in [0.717, 1.165) is 17.5 Å². The largest absolute Gasteiger partial charge is 0.490 e. The van der Waals surface area contributed by atoms with Gasteiger partial charge in [-0.3, -0.25) is 5.10 Å². The Hall–Kier alpha value is -4.49. The molecule has 13 heteroatoms. The van der Waals surface area contributed by atoms with Gasteiger partial charge in [0.1, 0.15) is 11.6 Å². The van der Waals surface area contributed by atoms with Crippen molar-refractivity contribution in [2.24, 2.45) is 5.18 Å². The first-order chi connectivity index (χ1) is 19.5. The fourth-order valence-electron chi connectivity index (χ4n) is 4.43. The van der Waals surface area contributed by atoms with E-state index in [1.165, 1.54) is 6.07 Å². The molecule has 1 fully saturated rings. The molecule has 1 aliphatic rings. The van der Waals surface area contributed by atoms with E-state index in [4.69, 9.17) is 18.9 Å². The highest BCUT2D eigenvalue weighted by atomic mass is 32.2. The van der Waals surface area contributed by atoms with Crippen LogP contribution in [0.1, 0.15) is 5.69 Å². The smallest absolute Gasteiger partial charge is 0.204 e. The van der Waals surface area contributed by atoms with Crippen LogP contribution >= 0.6 is 11.8 Å². The highest BCUT2D eigenvalue weighted by Crippen LogP contribution is 2.40. The Balaban J connectivity index is 1.34. The lowest BCUT2D eigenvalue weighted by molar-refractivity contribution is 0.122. The zero-order valence-electron chi connectivity index (χ0n) is 21.6. The van der Waals surface area contributed by atoms with Crippen molar-refractivity contribution in [2.45, 2.75) is 17.0 Å². The van der Waals surface area contributed by atoms with Gasteiger partial charge in [0, 0.05) is 35.8 Å². The molecule has 6 rings (SSSR count). The third-order valence-electron chi connectivity index (χ3n) is 6.33.